The van der Waals surface area contributed by atoms with Crippen molar-refractivity contribution in [2.24, 2.45) is 0 Å². The highest BCUT2D eigenvalue weighted by Crippen LogP contribution is 2.27. The summed E-state index contributed by atoms with van der Waals surface area (Å²) < 4.78 is 40.4. The van der Waals surface area contributed by atoms with E-state index >= 15 is 0 Å². The number of nitrogens with one attached hydrogen (secondary N) is 1. The summed E-state index contributed by atoms with van der Waals surface area (Å²) in [5.74, 6) is -2.11. The van der Waals surface area contributed by atoms with Crippen LogP contribution in [-0.2, 0) is 0 Å². The van der Waals surface area contributed by atoms with Crippen molar-refractivity contribution in [2.75, 3.05) is 5.32 Å². The van der Waals surface area contributed by atoms with Gasteiger partial charge in [-0.05, 0) is 40.2 Å². The van der Waals surface area contributed by atoms with Gasteiger partial charge in [-0.3, -0.25) is 0 Å². The van der Waals surface area contributed by atoms with Crippen LogP contribution in [0.2, 0.25) is 0 Å². The second-order valence-electron chi connectivity index (χ2n) is 3.68. The number of hydrogen-bond acceptors (Lipinski definition) is 2. The number of benzene rings is 2. The van der Waals surface area contributed by atoms with E-state index in [-0.39, 0.29) is 21.4 Å². The van der Waals surface area contributed by atoms with Gasteiger partial charge >= 0.3 is 0 Å². The van der Waals surface area contributed by atoms with Gasteiger partial charge in [0.1, 0.15) is 17.5 Å². The van der Waals surface area contributed by atoms with Crippen LogP contribution in [0.15, 0.2) is 34.8 Å². The first-order chi connectivity index (χ1) is 9.01. The fourth-order valence-electron chi connectivity index (χ4n) is 1.45. The van der Waals surface area contributed by atoms with Gasteiger partial charge in [-0.25, -0.2) is 13.2 Å². The number of hydrogen-bond donors (Lipinski definition) is 1. The molecule has 0 saturated carbocycles. The van der Waals surface area contributed by atoms with Crippen molar-refractivity contribution in [3.05, 3.63) is 57.8 Å². The van der Waals surface area contributed by atoms with Crippen molar-refractivity contribution in [3.63, 3.8) is 0 Å². The molecule has 0 bridgehead atoms. The largest absolute Gasteiger partial charge is 0.351 e. The summed E-state index contributed by atoms with van der Waals surface area (Å²) in [5.41, 5.74) is -0.0885. The Bertz CT molecular complexity index is 680. The molecule has 0 aromatic heterocycles. The van der Waals surface area contributed by atoms with Crippen LogP contribution >= 0.6 is 15.9 Å². The van der Waals surface area contributed by atoms with Crippen molar-refractivity contribution >= 4 is 27.3 Å². The zero-order valence-electron chi connectivity index (χ0n) is 9.35. The lowest BCUT2D eigenvalue weighted by atomic mass is 10.2. The molecule has 0 aliphatic rings. The molecule has 0 fully saturated rings. The van der Waals surface area contributed by atoms with Crippen LogP contribution in [0.3, 0.4) is 0 Å². The topological polar surface area (TPSA) is 35.8 Å². The van der Waals surface area contributed by atoms with Crippen LogP contribution < -0.4 is 5.32 Å². The summed E-state index contributed by atoms with van der Waals surface area (Å²) in [6.07, 6.45) is 0. The van der Waals surface area contributed by atoms with Crippen molar-refractivity contribution in [2.45, 2.75) is 0 Å². The second kappa shape index (κ2) is 5.33. The molecule has 0 radical (unpaired) electrons. The lowest BCUT2D eigenvalue weighted by Gasteiger charge is -2.09. The summed E-state index contributed by atoms with van der Waals surface area (Å²) in [6.45, 7) is 0. The number of nitrogens with zero attached hydrogens (tertiary/aromatic N) is 1. The van der Waals surface area contributed by atoms with Crippen molar-refractivity contribution in [1.82, 2.24) is 0 Å². The quantitative estimate of drug-likeness (QED) is 0.826. The lowest BCUT2D eigenvalue weighted by molar-refractivity contribution is 0.597. The van der Waals surface area contributed by atoms with E-state index in [4.69, 9.17) is 5.26 Å². The number of anilines is 2. The average Bonchev–Trinajstić information content (AvgIpc) is 2.38. The van der Waals surface area contributed by atoms with Crippen molar-refractivity contribution in [3.8, 4) is 6.07 Å². The molecule has 0 aliphatic heterocycles. The van der Waals surface area contributed by atoms with E-state index in [1.54, 1.807) is 6.07 Å². The van der Waals surface area contributed by atoms with E-state index in [1.807, 2.05) is 0 Å². The molecule has 0 spiro atoms. The molecule has 0 atom stereocenters. The number of halogens is 4. The van der Waals surface area contributed by atoms with Crippen molar-refractivity contribution in [1.29, 1.82) is 5.26 Å². The first kappa shape index (κ1) is 13.4. The van der Waals surface area contributed by atoms with E-state index in [2.05, 4.69) is 21.2 Å². The molecular formula is C13H6BrF3N2. The molecule has 2 aromatic rings. The first-order valence-electron chi connectivity index (χ1n) is 5.12. The summed E-state index contributed by atoms with van der Waals surface area (Å²) in [5, 5.41) is 11.0. The Hall–Kier alpha value is -2.00. The predicted octanol–water partition coefficient (Wildman–Crippen LogP) is 4.48. The van der Waals surface area contributed by atoms with Gasteiger partial charge in [0.2, 0.25) is 0 Å². The van der Waals surface area contributed by atoms with Gasteiger partial charge in [0.05, 0.1) is 27.5 Å². The molecule has 96 valence electrons. The minimum atomic E-state index is -0.725. The summed E-state index contributed by atoms with van der Waals surface area (Å²) in [6, 6.07) is 7.30. The van der Waals surface area contributed by atoms with Crippen LogP contribution in [-0.4, -0.2) is 0 Å². The SMILES string of the molecule is N#Cc1ccc(Nc2cc(F)c(Br)cc2F)c(F)c1. The smallest absolute Gasteiger partial charge is 0.147 e. The summed E-state index contributed by atoms with van der Waals surface area (Å²) in [4.78, 5) is 0. The fourth-order valence-corrected chi connectivity index (χ4v) is 1.76. The molecule has 0 unspecified atom stereocenters. The first-order valence-corrected chi connectivity index (χ1v) is 5.92. The standard InChI is InChI=1S/C13H6BrF3N2/c14-8-4-11(17)13(5-9(8)15)19-12-2-1-7(6-18)3-10(12)16/h1-5,19H. The van der Waals surface area contributed by atoms with E-state index in [0.29, 0.717) is 0 Å². The average molecular weight is 327 g/mol. The molecule has 6 heteroatoms. The summed E-state index contributed by atoms with van der Waals surface area (Å²) >= 11 is 2.85. The molecule has 0 aliphatic carbocycles. The molecule has 0 saturated heterocycles. The minimum absolute atomic E-state index is 0.0177. The van der Waals surface area contributed by atoms with Crippen LogP contribution in [0.25, 0.3) is 0 Å². The third-order valence-corrected chi connectivity index (χ3v) is 2.99. The normalized spacial score (nSPS) is 10.1. The van der Waals surface area contributed by atoms with E-state index in [9.17, 15) is 13.2 Å². The Morgan fingerprint density at radius 1 is 0.947 bits per heavy atom. The van der Waals surface area contributed by atoms with Crippen LogP contribution in [0, 0.1) is 28.8 Å². The molecule has 0 amide bonds. The maximum atomic E-state index is 13.6. The number of rotatable bonds is 2. The Morgan fingerprint density at radius 3 is 2.26 bits per heavy atom. The van der Waals surface area contributed by atoms with Gasteiger partial charge in [-0.15, -0.1) is 0 Å². The second-order valence-corrected chi connectivity index (χ2v) is 4.53. The van der Waals surface area contributed by atoms with Gasteiger partial charge in [0.25, 0.3) is 0 Å². The Balaban J connectivity index is 2.37. The molecule has 19 heavy (non-hydrogen) atoms. The third-order valence-electron chi connectivity index (χ3n) is 2.38. The van der Waals surface area contributed by atoms with Gasteiger partial charge in [-0.1, -0.05) is 0 Å². The van der Waals surface area contributed by atoms with Crippen molar-refractivity contribution < 1.29 is 13.2 Å². The zero-order valence-corrected chi connectivity index (χ0v) is 10.9. The van der Waals surface area contributed by atoms with Gasteiger partial charge < -0.3 is 5.32 Å². The Labute approximate surface area is 115 Å². The van der Waals surface area contributed by atoms with Gasteiger partial charge in [0.15, 0.2) is 0 Å². The van der Waals surface area contributed by atoms with Crippen LogP contribution in [0.1, 0.15) is 5.56 Å². The maximum absolute atomic E-state index is 13.6. The molecule has 0 heterocycles. The molecule has 1 N–H and O–H groups in total. The lowest BCUT2D eigenvalue weighted by Crippen LogP contribution is -1.98. The fraction of sp³-hybridized carbons (Fsp3) is 0. The van der Waals surface area contributed by atoms with Gasteiger partial charge in [-0.2, -0.15) is 5.26 Å². The van der Waals surface area contributed by atoms with Gasteiger partial charge in [0, 0.05) is 6.07 Å². The Kier molecular flexibility index (Phi) is 3.76. The molecular weight excluding hydrogens is 321 g/mol. The van der Waals surface area contributed by atoms with E-state index < -0.39 is 17.5 Å². The van der Waals surface area contributed by atoms with Crippen LogP contribution in [0.5, 0.6) is 0 Å². The van der Waals surface area contributed by atoms with E-state index in [1.165, 1.54) is 12.1 Å². The molecule has 2 nitrogen and oxygen atoms in total. The molecule has 2 rings (SSSR count). The highest BCUT2D eigenvalue weighted by Gasteiger charge is 2.10. The third kappa shape index (κ3) is 2.88. The molecule has 2 aromatic carbocycles. The maximum Gasteiger partial charge on any atom is 0.147 e. The van der Waals surface area contributed by atoms with Crippen LogP contribution in [0.4, 0.5) is 24.5 Å². The number of nitriles is 1. The highest BCUT2D eigenvalue weighted by atomic mass is 79.9. The monoisotopic (exact) mass is 326 g/mol. The van der Waals surface area contributed by atoms with E-state index in [0.717, 1.165) is 18.2 Å². The Morgan fingerprint density at radius 2 is 1.63 bits per heavy atom. The zero-order chi connectivity index (χ0) is 14.0. The summed E-state index contributed by atoms with van der Waals surface area (Å²) in [7, 11) is 0. The minimum Gasteiger partial charge on any atom is -0.351 e. The highest BCUT2D eigenvalue weighted by molar-refractivity contribution is 9.10. The predicted molar refractivity (Wildman–Crippen MR) is 68.5 cm³/mol.